The van der Waals surface area contributed by atoms with Gasteiger partial charge in [-0.15, -0.1) is 0 Å². The number of aliphatic hydroxyl groups excluding tert-OH is 1. The lowest BCUT2D eigenvalue weighted by molar-refractivity contribution is -0.123. The van der Waals surface area contributed by atoms with Gasteiger partial charge in [-0.3, -0.25) is 9.78 Å². The van der Waals surface area contributed by atoms with E-state index in [0.29, 0.717) is 28.3 Å². The standard InChI is InChI=1S/C17H19N3O5/c1-11-17(23)15(12(9-21)7-18-11)8-19-20-16(22)10-25-14-5-3-13(24-2)4-6-14/h3-8,21,23H,9-10H2,1-2H3,(H,20,22)/b19-8+. The van der Waals surface area contributed by atoms with Crippen LogP contribution in [0, 0.1) is 6.92 Å². The van der Waals surface area contributed by atoms with E-state index in [-0.39, 0.29) is 19.0 Å². The fourth-order valence-corrected chi connectivity index (χ4v) is 1.94. The molecule has 0 spiro atoms. The van der Waals surface area contributed by atoms with Crippen LogP contribution < -0.4 is 14.9 Å². The topological polar surface area (TPSA) is 113 Å². The molecule has 8 heteroatoms. The summed E-state index contributed by atoms with van der Waals surface area (Å²) in [6.07, 6.45) is 2.69. The normalized spacial score (nSPS) is 10.7. The van der Waals surface area contributed by atoms with Gasteiger partial charge in [0.05, 0.1) is 25.6 Å². The minimum atomic E-state index is -0.470. The number of hydrogen-bond donors (Lipinski definition) is 3. The van der Waals surface area contributed by atoms with Gasteiger partial charge in [0.25, 0.3) is 5.91 Å². The first-order valence-corrected chi connectivity index (χ1v) is 7.42. The Labute approximate surface area is 144 Å². The van der Waals surface area contributed by atoms with Gasteiger partial charge in [0.15, 0.2) is 6.61 Å². The minimum absolute atomic E-state index is 0.0981. The summed E-state index contributed by atoms with van der Waals surface area (Å²) >= 11 is 0. The highest BCUT2D eigenvalue weighted by Crippen LogP contribution is 2.21. The molecule has 0 atom stereocenters. The third-order valence-corrected chi connectivity index (χ3v) is 3.34. The highest BCUT2D eigenvalue weighted by atomic mass is 16.5. The Morgan fingerprint density at radius 1 is 1.32 bits per heavy atom. The van der Waals surface area contributed by atoms with Crippen LogP contribution in [-0.2, 0) is 11.4 Å². The molecular weight excluding hydrogens is 326 g/mol. The molecule has 0 unspecified atom stereocenters. The second-order valence-electron chi connectivity index (χ2n) is 5.05. The van der Waals surface area contributed by atoms with E-state index >= 15 is 0 Å². The summed E-state index contributed by atoms with van der Waals surface area (Å²) in [7, 11) is 1.56. The molecule has 8 nitrogen and oxygen atoms in total. The van der Waals surface area contributed by atoms with Crippen molar-refractivity contribution in [2.75, 3.05) is 13.7 Å². The molecule has 0 bridgehead atoms. The number of benzene rings is 1. The third kappa shape index (κ3) is 4.92. The van der Waals surface area contributed by atoms with Gasteiger partial charge in [0.2, 0.25) is 0 Å². The van der Waals surface area contributed by atoms with Gasteiger partial charge in [-0.05, 0) is 31.2 Å². The first kappa shape index (κ1) is 18.2. The van der Waals surface area contributed by atoms with Crippen LogP contribution in [0.4, 0.5) is 0 Å². The molecule has 3 N–H and O–H groups in total. The van der Waals surface area contributed by atoms with Gasteiger partial charge >= 0.3 is 0 Å². The average Bonchev–Trinajstić information content (AvgIpc) is 2.64. The predicted molar refractivity (Wildman–Crippen MR) is 90.8 cm³/mol. The van der Waals surface area contributed by atoms with Crippen molar-refractivity contribution < 1.29 is 24.5 Å². The molecule has 0 aliphatic rings. The summed E-state index contributed by atoms with van der Waals surface area (Å²) in [4.78, 5) is 15.7. The Bertz CT molecular complexity index is 760. The van der Waals surface area contributed by atoms with Gasteiger partial charge in [-0.2, -0.15) is 5.10 Å². The zero-order valence-corrected chi connectivity index (χ0v) is 13.9. The summed E-state index contributed by atoms with van der Waals surface area (Å²) in [5.74, 6) is 0.639. The highest BCUT2D eigenvalue weighted by molar-refractivity contribution is 5.87. The number of ether oxygens (including phenoxy) is 2. The number of aromatic nitrogens is 1. The molecule has 2 aromatic rings. The lowest BCUT2D eigenvalue weighted by Crippen LogP contribution is -2.24. The molecule has 0 aliphatic heterocycles. The van der Waals surface area contributed by atoms with Gasteiger partial charge in [0.1, 0.15) is 17.2 Å². The van der Waals surface area contributed by atoms with Crippen LogP contribution >= 0.6 is 0 Å². The van der Waals surface area contributed by atoms with E-state index in [4.69, 9.17) is 9.47 Å². The Morgan fingerprint density at radius 2 is 2.00 bits per heavy atom. The van der Waals surface area contributed by atoms with E-state index in [2.05, 4.69) is 15.5 Å². The molecule has 1 aromatic carbocycles. The summed E-state index contributed by atoms with van der Waals surface area (Å²) < 4.78 is 10.3. The predicted octanol–water partition coefficient (Wildman–Crippen LogP) is 1.13. The number of amides is 1. The summed E-state index contributed by atoms with van der Waals surface area (Å²) in [5.41, 5.74) is 3.38. The fourth-order valence-electron chi connectivity index (χ4n) is 1.94. The van der Waals surface area contributed by atoms with E-state index < -0.39 is 5.91 Å². The van der Waals surface area contributed by atoms with E-state index in [9.17, 15) is 15.0 Å². The molecule has 1 aromatic heterocycles. The van der Waals surface area contributed by atoms with Crippen molar-refractivity contribution in [3.63, 3.8) is 0 Å². The molecule has 132 valence electrons. The van der Waals surface area contributed by atoms with Crippen LogP contribution in [0.1, 0.15) is 16.8 Å². The van der Waals surface area contributed by atoms with Crippen molar-refractivity contribution in [1.29, 1.82) is 0 Å². The van der Waals surface area contributed by atoms with Gasteiger partial charge in [0, 0.05) is 17.3 Å². The quantitative estimate of drug-likeness (QED) is 0.512. The number of carbonyl (C=O) groups excluding carboxylic acids is 1. The number of hydrazone groups is 1. The van der Waals surface area contributed by atoms with E-state index in [1.165, 1.54) is 12.4 Å². The lowest BCUT2D eigenvalue weighted by Gasteiger charge is -2.07. The minimum Gasteiger partial charge on any atom is -0.505 e. The van der Waals surface area contributed by atoms with Crippen molar-refractivity contribution in [2.45, 2.75) is 13.5 Å². The molecule has 0 radical (unpaired) electrons. The maximum atomic E-state index is 11.7. The second-order valence-corrected chi connectivity index (χ2v) is 5.05. The monoisotopic (exact) mass is 345 g/mol. The molecule has 0 saturated heterocycles. The number of hydrogen-bond acceptors (Lipinski definition) is 7. The Hall–Kier alpha value is -3.13. The highest BCUT2D eigenvalue weighted by Gasteiger charge is 2.09. The molecule has 1 amide bonds. The summed E-state index contributed by atoms with van der Waals surface area (Å²) in [6, 6.07) is 6.80. The number of aryl methyl sites for hydroxylation is 1. The van der Waals surface area contributed by atoms with Crippen molar-refractivity contribution in [3.05, 3.63) is 47.3 Å². The van der Waals surface area contributed by atoms with Crippen molar-refractivity contribution in [1.82, 2.24) is 10.4 Å². The van der Waals surface area contributed by atoms with Crippen molar-refractivity contribution in [3.8, 4) is 17.2 Å². The van der Waals surface area contributed by atoms with Gasteiger partial charge in [-0.25, -0.2) is 5.43 Å². The number of pyridine rings is 1. The number of nitrogens with one attached hydrogen (secondary N) is 1. The van der Waals surface area contributed by atoms with Crippen molar-refractivity contribution in [2.24, 2.45) is 5.10 Å². The molecular formula is C17H19N3O5. The maximum absolute atomic E-state index is 11.7. The number of aromatic hydroxyl groups is 1. The molecule has 25 heavy (non-hydrogen) atoms. The van der Waals surface area contributed by atoms with Gasteiger partial charge < -0.3 is 19.7 Å². The van der Waals surface area contributed by atoms with Crippen LogP contribution in [-0.4, -0.2) is 41.0 Å². The molecule has 0 saturated carbocycles. The first-order valence-electron chi connectivity index (χ1n) is 7.42. The van der Waals surface area contributed by atoms with E-state index in [1.807, 2.05) is 0 Å². The number of carbonyl (C=O) groups is 1. The number of aliphatic hydroxyl groups is 1. The average molecular weight is 345 g/mol. The smallest absolute Gasteiger partial charge is 0.277 e. The van der Waals surface area contributed by atoms with Crippen LogP contribution in [0.2, 0.25) is 0 Å². The van der Waals surface area contributed by atoms with Crippen LogP contribution in [0.3, 0.4) is 0 Å². The fraction of sp³-hybridized carbons (Fsp3) is 0.235. The molecule has 1 heterocycles. The van der Waals surface area contributed by atoms with Gasteiger partial charge in [-0.1, -0.05) is 0 Å². The first-order chi connectivity index (χ1) is 12.0. The third-order valence-electron chi connectivity index (χ3n) is 3.34. The van der Waals surface area contributed by atoms with E-state index in [1.54, 1.807) is 38.3 Å². The number of nitrogens with zero attached hydrogens (tertiary/aromatic N) is 2. The van der Waals surface area contributed by atoms with E-state index in [0.717, 1.165) is 0 Å². The maximum Gasteiger partial charge on any atom is 0.277 e. The van der Waals surface area contributed by atoms with Crippen LogP contribution in [0.25, 0.3) is 0 Å². The van der Waals surface area contributed by atoms with Crippen molar-refractivity contribution >= 4 is 12.1 Å². The summed E-state index contributed by atoms with van der Waals surface area (Å²) in [5, 5.41) is 23.0. The SMILES string of the molecule is COc1ccc(OCC(=O)N/N=C/c2c(CO)cnc(C)c2O)cc1. The summed E-state index contributed by atoms with van der Waals surface area (Å²) in [6.45, 7) is 1.09. The number of rotatable bonds is 7. The molecule has 2 rings (SSSR count). The number of methoxy groups -OCH3 is 1. The molecule has 0 fully saturated rings. The Morgan fingerprint density at radius 3 is 2.64 bits per heavy atom. The van der Waals surface area contributed by atoms with Crippen LogP contribution in [0.5, 0.6) is 17.2 Å². The Kier molecular flexibility index (Phi) is 6.30. The Balaban J connectivity index is 1.91. The zero-order chi connectivity index (χ0) is 18.2. The second kappa shape index (κ2) is 8.65. The zero-order valence-electron chi connectivity index (χ0n) is 13.9. The molecule has 0 aliphatic carbocycles. The van der Waals surface area contributed by atoms with Crippen LogP contribution in [0.15, 0.2) is 35.6 Å². The largest absolute Gasteiger partial charge is 0.505 e. The lowest BCUT2D eigenvalue weighted by atomic mass is 10.1.